The van der Waals surface area contributed by atoms with E-state index in [-0.39, 0.29) is 5.41 Å². The zero-order valence-electron chi connectivity index (χ0n) is 10.4. The molecule has 1 saturated carbocycles. The Bertz CT molecular complexity index is 447. The van der Waals surface area contributed by atoms with Gasteiger partial charge in [0.1, 0.15) is 0 Å². The van der Waals surface area contributed by atoms with E-state index in [2.05, 4.69) is 39.0 Å². The number of benzene rings is 1. The standard InChI is InChI=1S/C15H19N/c1-11-5-6-14(13(3)12(11)2)9-15(10-16)7-4-8-15/h5-6H,4,7-9H2,1-3H3. The summed E-state index contributed by atoms with van der Waals surface area (Å²) in [6, 6.07) is 6.91. The highest BCUT2D eigenvalue weighted by Gasteiger charge is 2.37. The van der Waals surface area contributed by atoms with E-state index in [0.29, 0.717) is 0 Å². The molecule has 0 unspecified atom stereocenters. The molecular weight excluding hydrogens is 194 g/mol. The summed E-state index contributed by atoms with van der Waals surface area (Å²) in [6.45, 7) is 6.50. The highest BCUT2D eigenvalue weighted by molar-refractivity contribution is 5.40. The first-order valence-electron chi connectivity index (χ1n) is 6.05. The van der Waals surface area contributed by atoms with Gasteiger partial charge < -0.3 is 0 Å². The molecule has 0 aromatic heterocycles. The van der Waals surface area contributed by atoms with E-state index < -0.39 is 0 Å². The zero-order valence-corrected chi connectivity index (χ0v) is 10.4. The minimum absolute atomic E-state index is 0.0491. The lowest BCUT2D eigenvalue weighted by atomic mass is 9.66. The Morgan fingerprint density at radius 3 is 2.38 bits per heavy atom. The molecule has 0 radical (unpaired) electrons. The third-order valence-electron chi connectivity index (χ3n) is 4.25. The molecule has 0 N–H and O–H groups in total. The lowest BCUT2D eigenvalue weighted by Crippen LogP contribution is -2.30. The molecule has 0 saturated heterocycles. The normalized spacial score (nSPS) is 17.6. The van der Waals surface area contributed by atoms with Crippen LogP contribution < -0.4 is 0 Å². The maximum atomic E-state index is 9.26. The van der Waals surface area contributed by atoms with E-state index in [4.69, 9.17) is 0 Å². The van der Waals surface area contributed by atoms with Crippen molar-refractivity contribution in [1.82, 2.24) is 0 Å². The van der Waals surface area contributed by atoms with E-state index in [0.717, 1.165) is 19.3 Å². The van der Waals surface area contributed by atoms with Crippen molar-refractivity contribution in [2.45, 2.75) is 46.5 Å². The van der Waals surface area contributed by atoms with Crippen LogP contribution in [-0.4, -0.2) is 0 Å². The van der Waals surface area contributed by atoms with Crippen molar-refractivity contribution < 1.29 is 0 Å². The fourth-order valence-electron chi connectivity index (χ4n) is 2.50. The molecule has 1 aromatic carbocycles. The molecular formula is C15H19N. The van der Waals surface area contributed by atoms with Gasteiger partial charge in [-0.1, -0.05) is 18.6 Å². The van der Waals surface area contributed by atoms with Gasteiger partial charge in [0.05, 0.1) is 11.5 Å². The van der Waals surface area contributed by atoms with Gasteiger partial charge in [-0.05, 0) is 62.3 Å². The average Bonchev–Trinajstić information content (AvgIpc) is 2.23. The monoisotopic (exact) mass is 213 g/mol. The van der Waals surface area contributed by atoms with Gasteiger partial charge in [0.25, 0.3) is 0 Å². The van der Waals surface area contributed by atoms with Gasteiger partial charge in [-0.3, -0.25) is 0 Å². The number of hydrogen-bond donors (Lipinski definition) is 0. The van der Waals surface area contributed by atoms with Crippen LogP contribution in [0.2, 0.25) is 0 Å². The molecule has 84 valence electrons. The van der Waals surface area contributed by atoms with Crippen LogP contribution in [0.4, 0.5) is 0 Å². The summed E-state index contributed by atoms with van der Waals surface area (Å²) in [5.74, 6) is 0. The summed E-state index contributed by atoms with van der Waals surface area (Å²) in [7, 11) is 0. The topological polar surface area (TPSA) is 23.8 Å². The first kappa shape index (κ1) is 11.2. The fourth-order valence-corrected chi connectivity index (χ4v) is 2.50. The molecule has 1 aliphatic carbocycles. The quantitative estimate of drug-likeness (QED) is 0.732. The second-order valence-corrected chi connectivity index (χ2v) is 5.21. The van der Waals surface area contributed by atoms with Gasteiger partial charge >= 0.3 is 0 Å². The molecule has 1 fully saturated rings. The van der Waals surface area contributed by atoms with Crippen molar-refractivity contribution in [1.29, 1.82) is 5.26 Å². The van der Waals surface area contributed by atoms with Crippen LogP contribution in [0.15, 0.2) is 12.1 Å². The molecule has 0 aliphatic heterocycles. The van der Waals surface area contributed by atoms with Crippen LogP contribution >= 0.6 is 0 Å². The summed E-state index contributed by atoms with van der Waals surface area (Å²) in [4.78, 5) is 0. The highest BCUT2D eigenvalue weighted by Crippen LogP contribution is 2.43. The first-order chi connectivity index (χ1) is 7.58. The Balaban J connectivity index is 2.29. The van der Waals surface area contributed by atoms with Crippen molar-refractivity contribution in [3.63, 3.8) is 0 Å². The molecule has 0 amide bonds. The van der Waals surface area contributed by atoms with E-state index in [1.165, 1.54) is 28.7 Å². The number of nitriles is 1. The molecule has 1 aromatic rings. The van der Waals surface area contributed by atoms with Crippen molar-refractivity contribution in [2.24, 2.45) is 5.41 Å². The fraction of sp³-hybridized carbons (Fsp3) is 0.533. The molecule has 0 bridgehead atoms. The molecule has 1 aliphatic rings. The number of rotatable bonds is 2. The van der Waals surface area contributed by atoms with E-state index in [9.17, 15) is 5.26 Å². The zero-order chi connectivity index (χ0) is 11.8. The molecule has 1 heteroatoms. The minimum Gasteiger partial charge on any atom is -0.198 e. The molecule has 2 rings (SSSR count). The van der Waals surface area contributed by atoms with Crippen LogP contribution in [0.5, 0.6) is 0 Å². The van der Waals surface area contributed by atoms with Crippen molar-refractivity contribution in [3.8, 4) is 6.07 Å². The Labute approximate surface area is 98.1 Å². The van der Waals surface area contributed by atoms with Gasteiger partial charge in [-0.2, -0.15) is 5.26 Å². The molecule has 1 nitrogen and oxygen atoms in total. The van der Waals surface area contributed by atoms with Crippen molar-refractivity contribution >= 4 is 0 Å². The van der Waals surface area contributed by atoms with Crippen LogP contribution in [-0.2, 0) is 6.42 Å². The number of nitrogens with zero attached hydrogens (tertiary/aromatic N) is 1. The van der Waals surface area contributed by atoms with Crippen LogP contribution in [0.25, 0.3) is 0 Å². The van der Waals surface area contributed by atoms with Crippen molar-refractivity contribution in [2.75, 3.05) is 0 Å². The van der Waals surface area contributed by atoms with Gasteiger partial charge in [0, 0.05) is 0 Å². The third kappa shape index (κ3) is 1.73. The molecule has 0 heterocycles. The van der Waals surface area contributed by atoms with Crippen LogP contribution in [0.1, 0.15) is 41.5 Å². The Hall–Kier alpha value is -1.29. The average molecular weight is 213 g/mol. The highest BCUT2D eigenvalue weighted by atomic mass is 14.4. The molecule has 0 spiro atoms. The minimum atomic E-state index is -0.0491. The second-order valence-electron chi connectivity index (χ2n) is 5.21. The van der Waals surface area contributed by atoms with Gasteiger partial charge in [-0.25, -0.2) is 0 Å². The first-order valence-corrected chi connectivity index (χ1v) is 6.05. The predicted octanol–water partition coefficient (Wildman–Crippen LogP) is 3.85. The number of aryl methyl sites for hydroxylation is 1. The Kier molecular flexibility index (Phi) is 2.76. The summed E-state index contributed by atoms with van der Waals surface area (Å²) >= 11 is 0. The van der Waals surface area contributed by atoms with Gasteiger partial charge in [-0.15, -0.1) is 0 Å². The predicted molar refractivity (Wildman–Crippen MR) is 66.3 cm³/mol. The van der Waals surface area contributed by atoms with Gasteiger partial charge in [0.15, 0.2) is 0 Å². The van der Waals surface area contributed by atoms with E-state index in [1.807, 2.05) is 0 Å². The van der Waals surface area contributed by atoms with Gasteiger partial charge in [0.2, 0.25) is 0 Å². The largest absolute Gasteiger partial charge is 0.198 e. The lowest BCUT2D eigenvalue weighted by Gasteiger charge is -2.35. The van der Waals surface area contributed by atoms with E-state index >= 15 is 0 Å². The van der Waals surface area contributed by atoms with Crippen molar-refractivity contribution in [3.05, 3.63) is 34.4 Å². The van der Waals surface area contributed by atoms with E-state index in [1.54, 1.807) is 0 Å². The molecule has 16 heavy (non-hydrogen) atoms. The lowest BCUT2D eigenvalue weighted by molar-refractivity contribution is 0.213. The summed E-state index contributed by atoms with van der Waals surface area (Å²) in [5, 5.41) is 9.26. The molecule has 0 atom stereocenters. The maximum Gasteiger partial charge on any atom is 0.0693 e. The van der Waals surface area contributed by atoms with Crippen LogP contribution in [0, 0.1) is 37.5 Å². The summed E-state index contributed by atoms with van der Waals surface area (Å²) in [6.07, 6.45) is 4.32. The summed E-state index contributed by atoms with van der Waals surface area (Å²) in [5.41, 5.74) is 5.42. The summed E-state index contributed by atoms with van der Waals surface area (Å²) < 4.78 is 0. The Morgan fingerprint density at radius 1 is 1.19 bits per heavy atom. The SMILES string of the molecule is Cc1ccc(CC2(C#N)CCC2)c(C)c1C. The smallest absolute Gasteiger partial charge is 0.0693 e. The number of hydrogen-bond acceptors (Lipinski definition) is 1. The maximum absolute atomic E-state index is 9.26. The van der Waals surface area contributed by atoms with Crippen LogP contribution in [0.3, 0.4) is 0 Å². The third-order valence-corrected chi connectivity index (χ3v) is 4.25. The second kappa shape index (κ2) is 3.94. The Morgan fingerprint density at radius 2 is 1.88 bits per heavy atom.